The van der Waals surface area contributed by atoms with E-state index in [1.165, 1.54) is 12.1 Å². The van der Waals surface area contributed by atoms with Crippen molar-refractivity contribution in [2.24, 2.45) is 5.92 Å². The zero-order chi connectivity index (χ0) is 22.4. The maximum atomic E-state index is 14.1. The zero-order valence-corrected chi connectivity index (χ0v) is 18.5. The van der Waals surface area contributed by atoms with Crippen molar-refractivity contribution in [3.8, 4) is 11.3 Å². The lowest BCUT2D eigenvalue weighted by Gasteiger charge is -2.53. The summed E-state index contributed by atoms with van der Waals surface area (Å²) >= 11 is 0. The molecule has 2 aliphatic rings. The minimum absolute atomic E-state index is 0.159. The Labute approximate surface area is 187 Å². The molecular formula is C25H26FN5O. The van der Waals surface area contributed by atoms with Gasteiger partial charge in [-0.15, -0.1) is 0 Å². The van der Waals surface area contributed by atoms with Gasteiger partial charge in [0.05, 0.1) is 17.3 Å². The Balaban J connectivity index is 1.41. The first kappa shape index (κ1) is 20.5. The van der Waals surface area contributed by atoms with E-state index in [4.69, 9.17) is 0 Å². The van der Waals surface area contributed by atoms with Gasteiger partial charge in [0.25, 0.3) is 5.91 Å². The molecule has 3 aromatic rings. The lowest BCUT2D eigenvalue weighted by atomic mass is 9.82. The number of benzene rings is 1. The van der Waals surface area contributed by atoms with E-state index in [0.717, 1.165) is 35.9 Å². The van der Waals surface area contributed by atoms with Gasteiger partial charge in [0.15, 0.2) is 0 Å². The first-order valence-corrected chi connectivity index (χ1v) is 11.0. The molecule has 2 aromatic heterocycles. The molecule has 2 saturated heterocycles. The number of amides is 1. The lowest BCUT2D eigenvalue weighted by Crippen LogP contribution is -2.65. The fraction of sp³-hybridized carbons (Fsp3) is 0.360. The van der Waals surface area contributed by atoms with Crippen LogP contribution < -0.4 is 4.90 Å². The molecule has 0 aliphatic carbocycles. The van der Waals surface area contributed by atoms with Crippen molar-refractivity contribution in [2.45, 2.75) is 33.2 Å². The van der Waals surface area contributed by atoms with Gasteiger partial charge in [0, 0.05) is 48.7 Å². The molecule has 164 valence electrons. The van der Waals surface area contributed by atoms with E-state index in [0.29, 0.717) is 35.8 Å². The van der Waals surface area contributed by atoms with Gasteiger partial charge in [-0.1, -0.05) is 6.07 Å². The van der Waals surface area contributed by atoms with Gasteiger partial charge in [-0.3, -0.25) is 9.78 Å². The number of carbonyl (C=O) groups is 1. The highest BCUT2D eigenvalue weighted by Crippen LogP contribution is 2.36. The molecule has 0 radical (unpaired) electrons. The smallest absolute Gasteiger partial charge is 0.254 e. The topological polar surface area (TPSA) is 62.2 Å². The van der Waals surface area contributed by atoms with Gasteiger partial charge in [-0.05, 0) is 63.1 Å². The maximum Gasteiger partial charge on any atom is 0.254 e. The monoisotopic (exact) mass is 431 g/mol. The van der Waals surface area contributed by atoms with Crippen LogP contribution >= 0.6 is 0 Å². The number of anilines is 1. The quantitative estimate of drug-likeness (QED) is 0.628. The zero-order valence-electron chi connectivity index (χ0n) is 18.5. The number of rotatable bonds is 3. The van der Waals surface area contributed by atoms with Crippen LogP contribution in [0.1, 0.15) is 33.7 Å². The largest absolute Gasteiger partial charge is 0.337 e. The molecule has 5 rings (SSSR count). The van der Waals surface area contributed by atoms with Crippen LogP contribution in [-0.2, 0) is 0 Å². The van der Waals surface area contributed by atoms with Crippen molar-refractivity contribution in [1.82, 2.24) is 19.9 Å². The molecule has 0 bridgehead atoms. The summed E-state index contributed by atoms with van der Waals surface area (Å²) < 4.78 is 14.1. The van der Waals surface area contributed by atoms with Crippen molar-refractivity contribution in [3.05, 3.63) is 70.9 Å². The van der Waals surface area contributed by atoms with Crippen LogP contribution in [0.3, 0.4) is 0 Å². The van der Waals surface area contributed by atoms with Gasteiger partial charge in [-0.25, -0.2) is 14.4 Å². The summed E-state index contributed by atoms with van der Waals surface area (Å²) in [4.78, 5) is 31.2. The van der Waals surface area contributed by atoms with Gasteiger partial charge in [-0.2, -0.15) is 0 Å². The number of hydrogen-bond acceptors (Lipinski definition) is 5. The van der Waals surface area contributed by atoms with Crippen molar-refractivity contribution in [3.63, 3.8) is 0 Å². The van der Waals surface area contributed by atoms with E-state index in [2.05, 4.69) is 19.9 Å². The third-order valence-corrected chi connectivity index (χ3v) is 6.47. The van der Waals surface area contributed by atoms with E-state index in [9.17, 15) is 9.18 Å². The van der Waals surface area contributed by atoms with E-state index in [1.807, 2.05) is 43.9 Å². The summed E-state index contributed by atoms with van der Waals surface area (Å²) in [5.74, 6) is 0.670. The van der Waals surface area contributed by atoms with Crippen LogP contribution in [0.25, 0.3) is 11.3 Å². The van der Waals surface area contributed by atoms with Crippen molar-refractivity contribution in [1.29, 1.82) is 0 Å². The number of aromatic nitrogens is 3. The number of halogens is 1. The van der Waals surface area contributed by atoms with E-state index in [-0.39, 0.29) is 11.9 Å². The minimum Gasteiger partial charge on any atom is -0.337 e. The molecule has 0 saturated carbocycles. The van der Waals surface area contributed by atoms with E-state index < -0.39 is 5.82 Å². The minimum atomic E-state index is -0.423. The summed E-state index contributed by atoms with van der Waals surface area (Å²) in [6, 6.07) is 10.3. The number of hydrogen-bond donors (Lipinski definition) is 0. The van der Waals surface area contributed by atoms with Crippen molar-refractivity contribution in [2.75, 3.05) is 24.5 Å². The number of fused-ring (bicyclic) bond motifs is 1. The summed E-state index contributed by atoms with van der Waals surface area (Å²) in [6.07, 6.45) is 2.68. The highest BCUT2D eigenvalue weighted by Gasteiger charge is 2.45. The maximum absolute atomic E-state index is 14.1. The Morgan fingerprint density at radius 1 is 1.03 bits per heavy atom. The predicted octanol–water partition coefficient (Wildman–Crippen LogP) is 3.95. The second-order valence-electron chi connectivity index (χ2n) is 8.88. The summed E-state index contributed by atoms with van der Waals surface area (Å²) in [5, 5.41) is 0. The molecule has 2 fully saturated rings. The normalized spacial score (nSPS) is 20.0. The molecule has 32 heavy (non-hydrogen) atoms. The van der Waals surface area contributed by atoms with Crippen LogP contribution in [0.4, 0.5) is 10.3 Å². The molecule has 4 heterocycles. The average molecular weight is 432 g/mol. The van der Waals surface area contributed by atoms with Gasteiger partial charge in [0.2, 0.25) is 5.95 Å². The molecule has 1 amide bonds. The third-order valence-electron chi connectivity index (χ3n) is 6.47. The number of likely N-dealkylation sites (tertiary alicyclic amines) is 1. The number of pyridine rings is 1. The van der Waals surface area contributed by atoms with Crippen LogP contribution in [-0.4, -0.2) is 51.4 Å². The summed E-state index contributed by atoms with van der Waals surface area (Å²) in [5.41, 5.74) is 4.59. The number of aryl methyl sites for hydroxylation is 3. The van der Waals surface area contributed by atoms with Crippen molar-refractivity contribution < 1.29 is 9.18 Å². The molecule has 6 nitrogen and oxygen atoms in total. The second-order valence-corrected chi connectivity index (χ2v) is 8.88. The molecule has 0 unspecified atom stereocenters. The average Bonchev–Trinajstić information content (AvgIpc) is 2.74. The van der Waals surface area contributed by atoms with Crippen LogP contribution in [0.2, 0.25) is 0 Å². The molecule has 2 atom stereocenters. The summed E-state index contributed by atoms with van der Waals surface area (Å²) in [7, 11) is 0. The number of nitrogens with zero attached hydrogens (tertiary/aromatic N) is 5. The van der Waals surface area contributed by atoms with Crippen LogP contribution in [0, 0.1) is 32.5 Å². The molecule has 2 aliphatic heterocycles. The highest BCUT2D eigenvalue weighted by atomic mass is 19.1. The van der Waals surface area contributed by atoms with Crippen LogP contribution in [0.15, 0.2) is 42.6 Å². The fourth-order valence-corrected chi connectivity index (χ4v) is 4.76. The van der Waals surface area contributed by atoms with Crippen LogP contribution in [0.5, 0.6) is 0 Å². The van der Waals surface area contributed by atoms with Gasteiger partial charge in [0.1, 0.15) is 5.82 Å². The SMILES string of the molecule is Cc1ccc(-c2ccc(F)cc2C(=O)N2CC[C@H]3CN(c4nc(C)cc(C)n4)[C@H]3C2)nc1. The molecule has 0 N–H and O–H groups in total. The highest BCUT2D eigenvalue weighted by molar-refractivity contribution is 6.00. The Kier molecular flexibility index (Phi) is 5.12. The standard InChI is InChI=1S/C25H26FN5O/c1-15-4-7-22(27-12-15)20-6-5-19(26)11-21(20)24(32)30-9-8-18-13-31(23(18)14-30)25-28-16(2)10-17(3)29-25/h4-7,10-12,18,23H,8-9,13-14H2,1-3H3/t18-,23-/m0/s1. The molecule has 1 aromatic carbocycles. The van der Waals surface area contributed by atoms with E-state index in [1.54, 1.807) is 12.3 Å². The second kappa shape index (κ2) is 7.97. The van der Waals surface area contributed by atoms with Crippen molar-refractivity contribution >= 4 is 11.9 Å². The summed E-state index contributed by atoms with van der Waals surface area (Å²) in [6.45, 7) is 8.05. The number of carbonyl (C=O) groups excluding carboxylic acids is 1. The Hall–Kier alpha value is -3.35. The number of piperidine rings is 1. The van der Waals surface area contributed by atoms with Gasteiger partial charge >= 0.3 is 0 Å². The molecular weight excluding hydrogens is 405 g/mol. The third kappa shape index (κ3) is 3.72. The first-order valence-electron chi connectivity index (χ1n) is 11.0. The Morgan fingerprint density at radius 2 is 1.81 bits per heavy atom. The Morgan fingerprint density at radius 3 is 2.53 bits per heavy atom. The molecule has 7 heteroatoms. The van der Waals surface area contributed by atoms with E-state index >= 15 is 0 Å². The fourth-order valence-electron chi connectivity index (χ4n) is 4.76. The van der Waals surface area contributed by atoms with Gasteiger partial charge < -0.3 is 9.80 Å². The predicted molar refractivity (Wildman–Crippen MR) is 121 cm³/mol. The Bertz CT molecular complexity index is 1160. The molecule has 0 spiro atoms. The lowest BCUT2D eigenvalue weighted by molar-refractivity contribution is 0.0589. The first-order chi connectivity index (χ1) is 15.4.